The van der Waals surface area contributed by atoms with Crippen LogP contribution < -0.4 is 9.62 Å². The molecule has 2 aromatic rings. The van der Waals surface area contributed by atoms with E-state index in [-0.39, 0.29) is 17.3 Å². The van der Waals surface area contributed by atoms with Gasteiger partial charge in [-0.3, -0.25) is 9.52 Å². The third kappa shape index (κ3) is 4.07. The molecule has 0 radical (unpaired) electrons. The van der Waals surface area contributed by atoms with E-state index in [1.165, 1.54) is 17.0 Å². The highest BCUT2D eigenvalue weighted by atomic mass is 35.5. The summed E-state index contributed by atoms with van der Waals surface area (Å²) in [5.74, 6) is -1.09. The third-order valence-corrected chi connectivity index (χ3v) is 5.98. The second kappa shape index (κ2) is 7.25. The number of hydrogen-bond donors (Lipinski definition) is 1. The lowest BCUT2D eigenvalue weighted by Gasteiger charge is -2.17. The molecule has 2 aromatic carbocycles. The van der Waals surface area contributed by atoms with Crippen LogP contribution in [0.4, 0.5) is 28.9 Å². The van der Waals surface area contributed by atoms with Gasteiger partial charge in [-0.25, -0.2) is 12.8 Å². The quantitative estimate of drug-likeness (QED) is 0.721. The maximum atomic E-state index is 14.3. The first-order valence-corrected chi connectivity index (χ1v) is 9.84. The van der Waals surface area contributed by atoms with Gasteiger partial charge in [-0.1, -0.05) is 11.6 Å². The summed E-state index contributed by atoms with van der Waals surface area (Å²) in [6.45, 7) is 0.348. The molecular weight excluding hydrogens is 424 g/mol. The lowest BCUT2D eigenvalue weighted by atomic mass is 10.2. The second-order valence-electron chi connectivity index (χ2n) is 6.06. The Labute approximate surface area is 163 Å². The molecular formula is C17H13ClF4N2O3S. The maximum absolute atomic E-state index is 14.3. The molecule has 0 spiro atoms. The standard InChI is InChI=1S/C17H13ClF4N2O3S/c18-12-5-3-10(17(20,21)22)8-15(12)28(26,27)23-11-4-6-14(13(19)9-11)24-7-1-2-16(24)25/h3-6,8-9,23H,1-2,7H2. The summed E-state index contributed by atoms with van der Waals surface area (Å²) in [5.41, 5.74) is -1.41. The van der Waals surface area contributed by atoms with Crippen LogP contribution in [0.5, 0.6) is 0 Å². The molecule has 5 nitrogen and oxygen atoms in total. The summed E-state index contributed by atoms with van der Waals surface area (Å²) in [4.78, 5) is 12.2. The van der Waals surface area contributed by atoms with Crippen molar-refractivity contribution in [1.82, 2.24) is 0 Å². The van der Waals surface area contributed by atoms with Crippen molar-refractivity contribution in [2.45, 2.75) is 23.9 Å². The summed E-state index contributed by atoms with van der Waals surface area (Å²) in [6, 6.07) is 5.16. The zero-order chi connectivity index (χ0) is 20.7. The smallest absolute Gasteiger partial charge is 0.310 e. The molecule has 28 heavy (non-hydrogen) atoms. The van der Waals surface area contributed by atoms with Gasteiger partial charge in [0.15, 0.2) is 0 Å². The normalized spacial score (nSPS) is 15.2. The van der Waals surface area contributed by atoms with Crippen molar-refractivity contribution < 1.29 is 30.8 Å². The molecule has 1 aliphatic heterocycles. The molecule has 1 heterocycles. The van der Waals surface area contributed by atoms with Crippen molar-refractivity contribution in [3.05, 3.63) is 52.8 Å². The van der Waals surface area contributed by atoms with Gasteiger partial charge in [-0.15, -0.1) is 0 Å². The van der Waals surface area contributed by atoms with Gasteiger partial charge in [0.25, 0.3) is 10.0 Å². The fourth-order valence-corrected chi connectivity index (χ4v) is 4.36. The number of benzene rings is 2. The Balaban J connectivity index is 1.91. The lowest BCUT2D eigenvalue weighted by Crippen LogP contribution is -2.24. The first-order chi connectivity index (χ1) is 13.0. The zero-order valence-corrected chi connectivity index (χ0v) is 15.6. The topological polar surface area (TPSA) is 66.5 Å². The molecule has 1 amide bonds. The van der Waals surface area contributed by atoms with Gasteiger partial charge in [0.1, 0.15) is 10.7 Å². The molecule has 1 N–H and O–H groups in total. The highest BCUT2D eigenvalue weighted by Gasteiger charge is 2.33. The van der Waals surface area contributed by atoms with Gasteiger partial charge in [-0.05, 0) is 36.8 Å². The number of rotatable bonds is 4. The minimum atomic E-state index is -4.76. The Kier molecular flexibility index (Phi) is 5.28. The monoisotopic (exact) mass is 436 g/mol. The number of carbonyl (C=O) groups excluding carboxylic acids is 1. The Morgan fingerprint density at radius 1 is 1.11 bits per heavy atom. The first-order valence-electron chi connectivity index (χ1n) is 7.98. The van der Waals surface area contributed by atoms with Crippen molar-refractivity contribution in [2.75, 3.05) is 16.2 Å². The van der Waals surface area contributed by atoms with Crippen molar-refractivity contribution >= 4 is 38.9 Å². The van der Waals surface area contributed by atoms with Crippen LogP contribution in [0.15, 0.2) is 41.3 Å². The Morgan fingerprint density at radius 3 is 2.39 bits per heavy atom. The van der Waals surface area contributed by atoms with Gasteiger partial charge in [0, 0.05) is 19.0 Å². The predicted molar refractivity (Wildman–Crippen MR) is 95.2 cm³/mol. The summed E-state index contributed by atoms with van der Waals surface area (Å²) >= 11 is 5.75. The SMILES string of the molecule is O=C1CCCN1c1ccc(NS(=O)(=O)c2cc(C(F)(F)F)ccc2Cl)cc1F. The number of sulfonamides is 1. The summed E-state index contributed by atoms with van der Waals surface area (Å²) in [7, 11) is -4.52. The Bertz CT molecular complexity index is 1040. The van der Waals surface area contributed by atoms with Crippen LogP contribution in [0.1, 0.15) is 18.4 Å². The number of carbonyl (C=O) groups is 1. The average molecular weight is 437 g/mol. The van der Waals surface area contributed by atoms with Crippen molar-refractivity contribution in [2.24, 2.45) is 0 Å². The average Bonchev–Trinajstić information content (AvgIpc) is 2.99. The first kappa shape index (κ1) is 20.4. The van der Waals surface area contributed by atoms with E-state index in [2.05, 4.69) is 0 Å². The minimum absolute atomic E-state index is 0.00236. The van der Waals surface area contributed by atoms with Crippen LogP contribution in [0.2, 0.25) is 5.02 Å². The van der Waals surface area contributed by atoms with E-state index in [9.17, 15) is 30.8 Å². The maximum Gasteiger partial charge on any atom is 0.416 e. The molecule has 3 rings (SSSR count). The molecule has 1 aliphatic rings. The molecule has 0 unspecified atom stereocenters. The number of nitrogens with zero attached hydrogens (tertiary/aromatic N) is 1. The van der Waals surface area contributed by atoms with Crippen LogP contribution in [0.3, 0.4) is 0 Å². The number of alkyl halides is 3. The number of halogens is 5. The van der Waals surface area contributed by atoms with E-state index in [0.29, 0.717) is 31.5 Å². The highest BCUT2D eigenvalue weighted by Crippen LogP contribution is 2.34. The van der Waals surface area contributed by atoms with Crippen LogP contribution in [0.25, 0.3) is 0 Å². The molecule has 0 bridgehead atoms. The van der Waals surface area contributed by atoms with Gasteiger partial charge in [0.05, 0.1) is 22.0 Å². The van der Waals surface area contributed by atoms with Crippen LogP contribution in [0, 0.1) is 5.82 Å². The van der Waals surface area contributed by atoms with Crippen molar-refractivity contribution in [3.63, 3.8) is 0 Å². The molecule has 1 saturated heterocycles. The zero-order valence-electron chi connectivity index (χ0n) is 14.1. The molecule has 0 aliphatic carbocycles. The Morgan fingerprint density at radius 2 is 1.82 bits per heavy atom. The molecule has 11 heteroatoms. The fraction of sp³-hybridized carbons (Fsp3) is 0.235. The number of amides is 1. The highest BCUT2D eigenvalue weighted by molar-refractivity contribution is 7.92. The van der Waals surface area contributed by atoms with Crippen LogP contribution in [-0.2, 0) is 21.0 Å². The van der Waals surface area contributed by atoms with Gasteiger partial charge < -0.3 is 4.90 Å². The number of hydrogen-bond acceptors (Lipinski definition) is 3. The lowest BCUT2D eigenvalue weighted by molar-refractivity contribution is -0.137. The van der Waals surface area contributed by atoms with Gasteiger partial charge >= 0.3 is 6.18 Å². The predicted octanol–water partition coefficient (Wildman–Crippen LogP) is 4.43. The van der Waals surface area contributed by atoms with Crippen LogP contribution in [-0.4, -0.2) is 20.9 Å². The van der Waals surface area contributed by atoms with E-state index in [1.807, 2.05) is 4.72 Å². The van der Waals surface area contributed by atoms with E-state index in [0.717, 1.165) is 12.1 Å². The minimum Gasteiger partial charge on any atom is -0.310 e. The molecule has 0 saturated carbocycles. The van der Waals surface area contributed by atoms with Gasteiger partial charge in [0.2, 0.25) is 5.91 Å². The molecule has 1 fully saturated rings. The molecule has 0 aromatic heterocycles. The molecule has 0 atom stereocenters. The fourth-order valence-electron chi connectivity index (χ4n) is 2.79. The number of nitrogens with one attached hydrogen (secondary N) is 1. The van der Waals surface area contributed by atoms with E-state index in [4.69, 9.17) is 11.6 Å². The summed E-state index contributed by atoms with van der Waals surface area (Å²) < 4.78 is 79.8. The third-order valence-electron chi connectivity index (χ3n) is 4.11. The van der Waals surface area contributed by atoms with Crippen molar-refractivity contribution in [1.29, 1.82) is 0 Å². The summed E-state index contributed by atoms with van der Waals surface area (Å²) in [5, 5.41) is -0.416. The van der Waals surface area contributed by atoms with E-state index >= 15 is 0 Å². The Hall–Kier alpha value is -2.33. The van der Waals surface area contributed by atoms with Gasteiger partial charge in [-0.2, -0.15) is 13.2 Å². The van der Waals surface area contributed by atoms with Crippen LogP contribution >= 0.6 is 11.6 Å². The summed E-state index contributed by atoms with van der Waals surface area (Å²) in [6.07, 6.45) is -3.88. The van der Waals surface area contributed by atoms with E-state index < -0.39 is 37.5 Å². The van der Waals surface area contributed by atoms with E-state index in [1.54, 1.807) is 0 Å². The molecule has 150 valence electrons. The second-order valence-corrected chi connectivity index (χ2v) is 8.12. The number of anilines is 2. The van der Waals surface area contributed by atoms with Crippen molar-refractivity contribution in [3.8, 4) is 0 Å². The largest absolute Gasteiger partial charge is 0.416 e.